The molecule has 0 bridgehead atoms. The average molecular weight is 400 g/mol. The van der Waals surface area contributed by atoms with E-state index in [2.05, 4.69) is 20.9 Å². The summed E-state index contributed by atoms with van der Waals surface area (Å²) in [4.78, 5) is 24.8. The van der Waals surface area contributed by atoms with Gasteiger partial charge in [0.05, 0.1) is 29.2 Å². The van der Waals surface area contributed by atoms with E-state index in [1.165, 1.54) is 11.8 Å². The van der Waals surface area contributed by atoms with Gasteiger partial charge in [-0.2, -0.15) is 0 Å². The van der Waals surface area contributed by atoms with Crippen molar-refractivity contribution in [1.82, 2.24) is 15.0 Å². The minimum atomic E-state index is -0.445. The lowest BCUT2D eigenvalue weighted by molar-refractivity contribution is -0.117. The van der Waals surface area contributed by atoms with Crippen LogP contribution in [0.4, 0.5) is 11.4 Å². The lowest BCUT2D eigenvalue weighted by Gasteiger charge is -2.09. The number of halogens is 1. The molecule has 0 fully saturated rings. The number of hydrogen-bond donors (Lipinski definition) is 2. The van der Waals surface area contributed by atoms with Gasteiger partial charge in [0.1, 0.15) is 12.3 Å². The van der Waals surface area contributed by atoms with E-state index in [1.54, 1.807) is 55.5 Å². The Labute approximate surface area is 166 Å². The van der Waals surface area contributed by atoms with Crippen molar-refractivity contribution in [2.75, 3.05) is 17.7 Å². The first-order chi connectivity index (χ1) is 13.5. The van der Waals surface area contributed by atoms with Crippen LogP contribution in [0, 0.1) is 6.92 Å². The molecule has 3 aromatic rings. The maximum absolute atomic E-state index is 12.5. The van der Waals surface area contributed by atoms with Crippen LogP contribution in [-0.4, -0.2) is 33.9 Å². The number of para-hydroxylation sites is 3. The molecule has 2 N–H and O–H groups in total. The van der Waals surface area contributed by atoms with E-state index >= 15 is 0 Å². The maximum atomic E-state index is 12.5. The van der Waals surface area contributed by atoms with Crippen molar-refractivity contribution < 1.29 is 14.3 Å². The van der Waals surface area contributed by atoms with E-state index in [0.717, 1.165) is 0 Å². The quantitative estimate of drug-likeness (QED) is 0.663. The Hall–Kier alpha value is -3.39. The van der Waals surface area contributed by atoms with Crippen LogP contribution >= 0.6 is 11.6 Å². The lowest BCUT2D eigenvalue weighted by Crippen LogP contribution is -2.21. The Bertz CT molecular complexity index is 1020. The number of nitrogens with zero attached hydrogens (tertiary/aromatic N) is 3. The summed E-state index contributed by atoms with van der Waals surface area (Å²) in [6.45, 7) is 1.56. The molecule has 2 amide bonds. The molecule has 144 valence electrons. The molecule has 3 rings (SSSR count). The van der Waals surface area contributed by atoms with Crippen LogP contribution < -0.4 is 15.4 Å². The predicted molar refractivity (Wildman–Crippen MR) is 106 cm³/mol. The molecule has 0 unspecified atom stereocenters. The van der Waals surface area contributed by atoms with E-state index in [9.17, 15) is 9.59 Å². The number of hydrogen-bond acceptors (Lipinski definition) is 5. The number of carbonyl (C=O) groups is 2. The van der Waals surface area contributed by atoms with Gasteiger partial charge in [0.2, 0.25) is 5.91 Å². The number of nitrogens with one attached hydrogen (secondary N) is 2. The summed E-state index contributed by atoms with van der Waals surface area (Å²) < 4.78 is 6.57. The fourth-order valence-electron chi connectivity index (χ4n) is 2.54. The highest BCUT2D eigenvalue weighted by atomic mass is 35.5. The number of benzene rings is 2. The smallest absolute Gasteiger partial charge is 0.278 e. The van der Waals surface area contributed by atoms with Gasteiger partial charge in [0.15, 0.2) is 5.69 Å². The summed E-state index contributed by atoms with van der Waals surface area (Å²) in [5.74, 6) is -0.252. The zero-order chi connectivity index (χ0) is 20.1. The number of amides is 2. The number of aromatic nitrogens is 3. The fraction of sp³-hybridized carbons (Fsp3) is 0.158. The van der Waals surface area contributed by atoms with Crippen molar-refractivity contribution in [1.29, 1.82) is 0 Å². The number of ether oxygens (including phenoxy) is 1. The summed E-state index contributed by atoms with van der Waals surface area (Å²) in [5.41, 5.74) is 1.60. The second-order valence-corrected chi connectivity index (χ2v) is 6.27. The average Bonchev–Trinajstić information content (AvgIpc) is 3.04. The van der Waals surface area contributed by atoms with Crippen molar-refractivity contribution in [2.24, 2.45) is 0 Å². The van der Waals surface area contributed by atoms with Crippen molar-refractivity contribution in [2.45, 2.75) is 13.5 Å². The molecule has 0 saturated carbocycles. The molecule has 2 aromatic carbocycles. The number of rotatable bonds is 6. The maximum Gasteiger partial charge on any atom is 0.278 e. The Balaban J connectivity index is 1.70. The zero-order valence-electron chi connectivity index (χ0n) is 15.3. The first kappa shape index (κ1) is 19.4. The normalized spacial score (nSPS) is 10.4. The van der Waals surface area contributed by atoms with Crippen molar-refractivity contribution >= 4 is 34.8 Å². The number of carbonyl (C=O) groups excluding carboxylic acids is 2. The molecular weight excluding hydrogens is 382 g/mol. The van der Waals surface area contributed by atoms with Gasteiger partial charge in [-0.1, -0.05) is 41.1 Å². The van der Waals surface area contributed by atoms with E-state index in [-0.39, 0.29) is 18.1 Å². The summed E-state index contributed by atoms with van der Waals surface area (Å²) >= 11 is 6.04. The molecule has 9 heteroatoms. The molecule has 0 radical (unpaired) electrons. The largest absolute Gasteiger partial charge is 0.495 e. The van der Waals surface area contributed by atoms with E-state index < -0.39 is 5.91 Å². The minimum absolute atomic E-state index is 0.105. The molecule has 0 aliphatic rings. The van der Waals surface area contributed by atoms with E-state index in [0.29, 0.717) is 27.8 Å². The Kier molecular flexibility index (Phi) is 5.90. The highest BCUT2D eigenvalue weighted by Crippen LogP contribution is 2.24. The van der Waals surface area contributed by atoms with Gasteiger partial charge in [0, 0.05) is 0 Å². The standard InChI is InChI=1S/C19H18ClN5O3/c1-12-18(19(27)22-15-9-5-6-10-16(15)28-2)23-24-25(12)11-17(26)21-14-8-4-3-7-13(14)20/h3-10H,11H2,1-2H3,(H,21,26)(H,22,27). The predicted octanol–water partition coefficient (Wildman–Crippen LogP) is 3.14. The van der Waals surface area contributed by atoms with Gasteiger partial charge in [-0.25, -0.2) is 4.68 Å². The zero-order valence-corrected chi connectivity index (χ0v) is 16.0. The van der Waals surface area contributed by atoms with Crippen LogP contribution in [-0.2, 0) is 11.3 Å². The van der Waals surface area contributed by atoms with Crippen LogP contribution in [0.15, 0.2) is 48.5 Å². The summed E-state index contributed by atoms with van der Waals surface area (Å²) in [5, 5.41) is 13.7. The topological polar surface area (TPSA) is 98.1 Å². The van der Waals surface area contributed by atoms with Gasteiger partial charge in [-0.05, 0) is 31.2 Å². The van der Waals surface area contributed by atoms with Crippen LogP contribution in [0.3, 0.4) is 0 Å². The van der Waals surface area contributed by atoms with Crippen LogP contribution in [0.5, 0.6) is 5.75 Å². The first-order valence-electron chi connectivity index (χ1n) is 8.38. The first-order valence-corrected chi connectivity index (χ1v) is 8.76. The Morgan fingerprint density at radius 2 is 1.75 bits per heavy atom. The summed E-state index contributed by atoms with van der Waals surface area (Å²) in [7, 11) is 1.52. The van der Waals surface area contributed by atoms with Gasteiger partial charge in [-0.3, -0.25) is 9.59 Å². The highest BCUT2D eigenvalue weighted by molar-refractivity contribution is 6.33. The molecule has 0 atom stereocenters. The lowest BCUT2D eigenvalue weighted by atomic mass is 10.2. The van der Waals surface area contributed by atoms with Crippen molar-refractivity contribution in [3.05, 3.63) is 64.9 Å². The Morgan fingerprint density at radius 1 is 1.07 bits per heavy atom. The third-order valence-corrected chi connectivity index (χ3v) is 4.32. The van der Waals surface area contributed by atoms with Crippen molar-refractivity contribution in [3.8, 4) is 5.75 Å². The molecule has 0 saturated heterocycles. The minimum Gasteiger partial charge on any atom is -0.495 e. The number of anilines is 2. The molecule has 1 heterocycles. The molecule has 1 aromatic heterocycles. The molecule has 0 aliphatic carbocycles. The third-order valence-electron chi connectivity index (χ3n) is 3.99. The Morgan fingerprint density at radius 3 is 2.46 bits per heavy atom. The molecular formula is C19H18ClN5O3. The second-order valence-electron chi connectivity index (χ2n) is 5.86. The molecule has 28 heavy (non-hydrogen) atoms. The summed E-state index contributed by atoms with van der Waals surface area (Å²) in [6, 6.07) is 13.9. The molecule has 0 spiro atoms. The second kappa shape index (κ2) is 8.53. The van der Waals surface area contributed by atoms with Crippen LogP contribution in [0.25, 0.3) is 0 Å². The van der Waals surface area contributed by atoms with Crippen molar-refractivity contribution in [3.63, 3.8) is 0 Å². The van der Waals surface area contributed by atoms with Gasteiger partial charge in [-0.15, -0.1) is 5.10 Å². The van der Waals surface area contributed by atoms with Gasteiger partial charge >= 0.3 is 0 Å². The highest BCUT2D eigenvalue weighted by Gasteiger charge is 2.19. The molecule has 0 aliphatic heterocycles. The van der Waals surface area contributed by atoms with Crippen LogP contribution in [0.2, 0.25) is 5.02 Å². The molecule has 8 nitrogen and oxygen atoms in total. The van der Waals surface area contributed by atoms with Crippen LogP contribution in [0.1, 0.15) is 16.2 Å². The van der Waals surface area contributed by atoms with E-state index in [1.807, 2.05) is 0 Å². The SMILES string of the molecule is COc1ccccc1NC(=O)c1nnn(CC(=O)Nc2ccccc2Cl)c1C. The fourth-order valence-corrected chi connectivity index (χ4v) is 2.72. The van der Waals surface area contributed by atoms with Gasteiger partial charge < -0.3 is 15.4 Å². The number of methoxy groups -OCH3 is 1. The van der Waals surface area contributed by atoms with E-state index in [4.69, 9.17) is 16.3 Å². The summed E-state index contributed by atoms with van der Waals surface area (Å²) in [6.07, 6.45) is 0. The third kappa shape index (κ3) is 4.29. The monoisotopic (exact) mass is 399 g/mol. The van der Waals surface area contributed by atoms with Gasteiger partial charge in [0.25, 0.3) is 5.91 Å².